The lowest BCUT2D eigenvalue weighted by Gasteiger charge is -2.06. The first-order valence-electron chi connectivity index (χ1n) is 10.1. The van der Waals surface area contributed by atoms with Crippen molar-refractivity contribution in [2.75, 3.05) is 12.0 Å². The fraction of sp³-hybridized carbons (Fsp3) is 0.727. The molecule has 0 fully saturated rings. The van der Waals surface area contributed by atoms with Crippen LogP contribution in [0.1, 0.15) is 88.2 Å². The van der Waals surface area contributed by atoms with Crippen LogP contribution in [-0.4, -0.2) is 17.1 Å². The second-order valence-corrected chi connectivity index (χ2v) is 8.22. The molecule has 0 saturated carbocycles. The predicted octanol–water partition coefficient (Wildman–Crippen LogP) is 3.37. The minimum atomic E-state index is 0. The molecular formula is C22H39BrOS. The molecule has 1 rings (SSSR count). The van der Waals surface area contributed by atoms with E-state index in [0.717, 1.165) is 6.42 Å². The molecule has 0 aliphatic heterocycles. The van der Waals surface area contributed by atoms with E-state index in [4.69, 9.17) is 0 Å². The molecule has 1 N–H and O–H groups in total. The maximum atomic E-state index is 9.43. The van der Waals surface area contributed by atoms with Gasteiger partial charge in [-0.05, 0) is 67.6 Å². The minimum absolute atomic E-state index is 0. The summed E-state index contributed by atoms with van der Waals surface area (Å²) in [6, 6.07) is 5.76. The van der Waals surface area contributed by atoms with E-state index in [1.807, 2.05) is 12.1 Å². The summed E-state index contributed by atoms with van der Waals surface area (Å²) in [4.78, 5) is 0. The van der Waals surface area contributed by atoms with Crippen LogP contribution in [0.15, 0.2) is 18.2 Å². The van der Waals surface area contributed by atoms with Gasteiger partial charge in [0.15, 0.2) is 0 Å². The van der Waals surface area contributed by atoms with Gasteiger partial charge in [0, 0.05) is 0 Å². The van der Waals surface area contributed by atoms with E-state index in [1.54, 1.807) is 11.8 Å². The standard InChI is InChI=1S/C22H38OS.BrH/c1-20-19-22(23)17-16-21(20)15-13-11-9-7-5-3-4-6-8-10-12-14-18-24-2;/h16-17,19,23H,3-15,18H2,1-2H3;1H. The summed E-state index contributed by atoms with van der Waals surface area (Å²) in [5, 5.41) is 9.43. The number of hydrogen-bond donors (Lipinski definition) is 1. The van der Waals surface area contributed by atoms with E-state index >= 15 is 0 Å². The zero-order valence-electron chi connectivity index (χ0n) is 16.4. The number of halogens is 1. The third-order valence-corrected chi connectivity index (χ3v) is 5.67. The molecule has 0 bridgehead atoms. The lowest BCUT2D eigenvalue weighted by atomic mass is 10.0. The molecule has 146 valence electrons. The van der Waals surface area contributed by atoms with Crippen LogP contribution >= 0.6 is 0 Å². The van der Waals surface area contributed by atoms with Gasteiger partial charge in [-0.1, -0.05) is 63.9 Å². The lowest BCUT2D eigenvalue weighted by molar-refractivity contribution is -0.00000626. The third kappa shape index (κ3) is 13.7. The van der Waals surface area contributed by atoms with E-state index in [-0.39, 0.29) is 17.0 Å². The first-order chi connectivity index (χ1) is 11.7. The Morgan fingerprint density at radius 1 is 0.760 bits per heavy atom. The van der Waals surface area contributed by atoms with E-state index < -0.39 is 0 Å². The minimum Gasteiger partial charge on any atom is -1.00 e. The molecule has 0 heterocycles. The number of thiol groups is 1. The maximum Gasteiger partial charge on any atom is 0.115 e. The highest BCUT2D eigenvalue weighted by Gasteiger charge is 2.00. The number of benzene rings is 1. The maximum absolute atomic E-state index is 9.43. The zero-order chi connectivity index (χ0) is 17.5. The molecule has 0 spiro atoms. The highest BCUT2D eigenvalue weighted by molar-refractivity contribution is 7.77. The summed E-state index contributed by atoms with van der Waals surface area (Å²) in [6.07, 6.45) is 20.4. The normalized spacial score (nSPS) is 10.6. The molecule has 0 aliphatic carbocycles. The summed E-state index contributed by atoms with van der Waals surface area (Å²) in [5.41, 5.74) is 2.62. The first kappa shape index (κ1) is 24.8. The Morgan fingerprint density at radius 3 is 1.72 bits per heavy atom. The molecule has 0 aromatic heterocycles. The van der Waals surface area contributed by atoms with Crippen LogP contribution in [-0.2, 0) is 18.2 Å². The SMILES string of the molecule is C[SH+]CCCCCCCCCCCCCCc1ccc(O)cc1C.[Br-]. The molecule has 1 aromatic carbocycles. The van der Waals surface area contributed by atoms with Gasteiger partial charge in [0.1, 0.15) is 11.5 Å². The van der Waals surface area contributed by atoms with Crippen LogP contribution in [0.25, 0.3) is 0 Å². The Balaban J connectivity index is 0.00000576. The Labute approximate surface area is 171 Å². The molecule has 0 saturated heterocycles. The largest absolute Gasteiger partial charge is 1.00 e. The van der Waals surface area contributed by atoms with Crippen LogP contribution in [0.5, 0.6) is 5.75 Å². The van der Waals surface area contributed by atoms with Crippen molar-refractivity contribution in [2.24, 2.45) is 0 Å². The Morgan fingerprint density at radius 2 is 1.24 bits per heavy atom. The number of rotatable bonds is 15. The average Bonchev–Trinajstić information content (AvgIpc) is 2.57. The Bertz CT molecular complexity index is 422. The Hall–Kier alpha value is -0.150. The highest BCUT2D eigenvalue weighted by Crippen LogP contribution is 2.18. The summed E-state index contributed by atoms with van der Waals surface area (Å²) < 4.78 is 0. The van der Waals surface area contributed by atoms with Gasteiger partial charge in [0.05, 0.1) is 6.26 Å². The van der Waals surface area contributed by atoms with Crippen LogP contribution in [0, 0.1) is 6.92 Å². The molecule has 25 heavy (non-hydrogen) atoms. The van der Waals surface area contributed by atoms with E-state index in [2.05, 4.69) is 19.2 Å². The number of aromatic hydroxyl groups is 1. The van der Waals surface area contributed by atoms with Gasteiger partial charge in [-0.25, -0.2) is 0 Å². The second kappa shape index (κ2) is 17.3. The van der Waals surface area contributed by atoms with Crippen molar-refractivity contribution in [1.29, 1.82) is 0 Å². The van der Waals surface area contributed by atoms with Gasteiger partial charge in [0.25, 0.3) is 0 Å². The molecular weight excluding hydrogens is 392 g/mol. The predicted molar refractivity (Wildman–Crippen MR) is 112 cm³/mol. The van der Waals surface area contributed by atoms with Crippen LogP contribution in [0.4, 0.5) is 0 Å². The van der Waals surface area contributed by atoms with E-state index in [9.17, 15) is 5.11 Å². The fourth-order valence-electron chi connectivity index (χ4n) is 3.31. The van der Waals surface area contributed by atoms with Gasteiger partial charge in [-0.2, -0.15) is 0 Å². The molecule has 1 nitrogen and oxygen atoms in total. The second-order valence-electron chi connectivity index (χ2n) is 7.14. The fourth-order valence-corrected chi connectivity index (χ4v) is 3.85. The molecule has 0 atom stereocenters. The van der Waals surface area contributed by atoms with Crippen molar-refractivity contribution in [3.05, 3.63) is 29.3 Å². The highest BCUT2D eigenvalue weighted by atomic mass is 79.9. The van der Waals surface area contributed by atoms with Gasteiger partial charge >= 0.3 is 0 Å². The molecule has 1 aromatic rings. The zero-order valence-corrected chi connectivity index (χ0v) is 18.9. The molecule has 3 heteroatoms. The van der Waals surface area contributed by atoms with E-state index in [1.165, 1.54) is 93.9 Å². The van der Waals surface area contributed by atoms with Crippen molar-refractivity contribution < 1.29 is 22.1 Å². The lowest BCUT2D eigenvalue weighted by Crippen LogP contribution is -3.00. The van der Waals surface area contributed by atoms with Crippen LogP contribution < -0.4 is 17.0 Å². The van der Waals surface area contributed by atoms with Gasteiger partial charge in [0.2, 0.25) is 0 Å². The summed E-state index contributed by atoms with van der Waals surface area (Å²) in [7, 11) is 0. The van der Waals surface area contributed by atoms with Crippen molar-refractivity contribution in [3.63, 3.8) is 0 Å². The van der Waals surface area contributed by atoms with Crippen molar-refractivity contribution >= 4 is 11.8 Å². The quantitative estimate of drug-likeness (QED) is 0.257. The summed E-state index contributed by atoms with van der Waals surface area (Å²) in [6.45, 7) is 2.10. The molecule has 0 unspecified atom stereocenters. The van der Waals surface area contributed by atoms with Crippen LogP contribution in [0.3, 0.4) is 0 Å². The van der Waals surface area contributed by atoms with Crippen LogP contribution in [0.2, 0.25) is 0 Å². The van der Waals surface area contributed by atoms with Crippen molar-refractivity contribution in [3.8, 4) is 5.75 Å². The van der Waals surface area contributed by atoms with Crippen molar-refractivity contribution in [1.82, 2.24) is 0 Å². The number of phenolic OH excluding ortho intramolecular Hbond substituents is 1. The van der Waals surface area contributed by atoms with Gasteiger partial charge < -0.3 is 22.1 Å². The number of aryl methyl sites for hydroxylation is 2. The topological polar surface area (TPSA) is 20.2 Å². The summed E-state index contributed by atoms with van der Waals surface area (Å²) in [5.74, 6) is 1.78. The number of hydrogen-bond acceptors (Lipinski definition) is 1. The Kier molecular flexibility index (Phi) is 17.2. The smallest absolute Gasteiger partial charge is 0.115 e. The molecule has 0 aliphatic rings. The van der Waals surface area contributed by atoms with Crippen molar-refractivity contribution in [2.45, 2.75) is 90.4 Å². The number of phenols is 1. The van der Waals surface area contributed by atoms with E-state index in [0.29, 0.717) is 5.75 Å². The van der Waals surface area contributed by atoms with Gasteiger partial charge in [-0.3, -0.25) is 0 Å². The average molecular weight is 432 g/mol. The molecule has 0 amide bonds. The van der Waals surface area contributed by atoms with Gasteiger partial charge in [-0.15, -0.1) is 0 Å². The number of unbranched alkanes of at least 4 members (excludes halogenated alkanes) is 11. The summed E-state index contributed by atoms with van der Waals surface area (Å²) >= 11 is 1.56. The monoisotopic (exact) mass is 430 g/mol. The third-order valence-electron chi connectivity index (χ3n) is 4.90. The molecule has 0 radical (unpaired) electrons. The first-order valence-corrected chi connectivity index (χ1v) is 11.6.